The number of aliphatic hydroxyl groups is 1. The van der Waals surface area contributed by atoms with Crippen molar-refractivity contribution >= 4 is 6.09 Å². The largest absolute Gasteiger partial charge is 0.444 e. The first-order valence-electron chi connectivity index (χ1n) is 10.9. The van der Waals surface area contributed by atoms with Crippen LogP contribution in [0, 0.1) is 0 Å². The van der Waals surface area contributed by atoms with E-state index in [1.165, 1.54) is 18.4 Å². The van der Waals surface area contributed by atoms with Crippen LogP contribution in [0.2, 0.25) is 0 Å². The molecule has 7 nitrogen and oxygen atoms in total. The molecular formula is C23H30N4O3. The number of β-amino-alcohol motifs (C(OH)–C–C–N with tert-alkyl or cyclic N) is 1. The third kappa shape index (κ3) is 3.50. The summed E-state index contributed by atoms with van der Waals surface area (Å²) in [4.78, 5) is 14.7. The van der Waals surface area contributed by atoms with Crippen molar-refractivity contribution in [3.05, 3.63) is 46.8 Å². The van der Waals surface area contributed by atoms with E-state index in [1.807, 2.05) is 25.5 Å². The van der Waals surface area contributed by atoms with Gasteiger partial charge in [-0.15, -0.1) is 0 Å². The molecule has 2 atom stereocenters. The predicted molar refractivity (Wildman–Crippen MR) is 113 cm³/mol. The minimum Gasteiger partial charge on any atom is -0.444 e. The topological polar surface area (TPSA) is 79.6 Å². The molecular weight excluding hydrogens is 380 g/mol. The molecule has 7 heteroatoms. The number of rotatable bonds is 2. The molecule has 1 aromatic carbocycles. The average molecular weight is 411 g/mol. The zero-order chi connectivity index (χ0) is 21.0. The van der Waals surface area contributed by atoms with Crippen molar-refractivity contribution in [2.45, 2.75) is 63.7 Å². The molecule has 1 fully saturated rings. The number of hydrogen-bond acceptors (Lipinski definition) is 5. The van der Waals surface area contributed by atoms with Crippen LogP contribution in [0.3, 0.4) is 0 Å². The number of ether oxygens (including phenoxy) is 1. The maximum atomic E-state index is 12.9. The van der Waals surface area contributed by atoms with E-state index in [1.54, 1.807) is 4.90 Å². The molecule has 2 aliphatic heterocycles. The number of carbonyl (C=O) groups excluding carboxylic acids is 1. The summed E-state index contributed by atoms with van der Waals surface area (Å²) in [7, 11) is 0. The first kappa shape index (κ1) is 19.6. The lowest BCUT2D eigenvalue weighted by molar-refractivity contribution is 0.0142. The summed E-state index contributed by atoms with van der Waals surface area (Å²) < 4.78 is 7.63. The van der Waals surface area contributed by atoms with Crippen molar-refractivity contribution in [1.29, 1.82) is 0 Å². The lowest BCUT2D eigenvalue weighted by atomic mass is 9.95. The summed E-state index contributed by atoms with van der Waals surface area (Å²) in [5, 5.41) is 18.8. The van der Waals surface area contributed by atoms with Crippen molar-refractivity contribution in [3.8, 4) is 5.69 Å². The Morgan fingerprint density at radius 2 is 1.93 bits per heavy atom. The summed E-state index contributed by atoms with van der Waals surface area (Å²) in [6.45, 7) is 7.19. The lowest BCUT2D eigenvalue weighted by Gasteiger charge is -2.36. The Morgan fingerprint density at radius 1 is 1.20 bits per heavy atom. The van der Waals surface area contributed by atoms with E-state index in [2.05, 4.69) is 29.6 Å². The van der Waals surface area contributed by atoms with Crippen molar-refractivity contribution in [2.24, 2.45) is 0 Å². The lowest BCUT2D eigenvalue weighted by Crippen LogP contribution is -2.46. The third-order valence-corrected chi connectivity index (χ3v) is 6.15. The summed E-state index contributed by atoms with van der Waals surface area (Å²) in [6.07, 6.45) is 2.22. The third-order valence-electron chi connectivity index (χ3n) is 6.15. The van der Waals surface area contributed by atoms with Crippen LogP contribution >= 0.6 is 0 Å². The summed E-state index contributed by atoms with van der Waals surface area (Å²) in [5.41, 5.74) is 4.56. The van der Waals surface area contributed by atoms with Crippen LogP contribution in [-0.2, 0) is 11.2 Å². The normalized spacial score (nSPS) is 23.7. The molecule has 0 radical (unpaired) electrons. The Morgan fingerprint density at radius 3 is 2.60 bits per heavy atom. The van der Waals surface area contributed by atoms with Crippen LogP contribution in [-0.4, -0.2) is 51.1 Å². The van der Waals surface area contributed by atoms with Gasteiger partial charge in [0.25, 0.3) is 0 Å². The Hall–Kier alpha value is -2.38. The SMILES string of the molecule is CC(C)(C)OC(=O)N1CCc2c3c(nn2-c2ccc(C4CC4)cc2)C(O)CNCC31. The smallest absolute Gasteiger partial charge is 0.410 e. The highest BCUT2D eigenvalue weighted by Gasteiger charge is 2.40. The van der Waals surface area contributed by atoms with E-state index < -0.39 is 11.7 Å². The Balaban J connectivity index is 1.53. The van der Waals surface area contributed by atoms with Gasteiger partial charge in [-0.3, -0.25) is 4.90 Å². The minimum absolute atomic E-state index is 0.199. The number of amides is 1. The summed E-state index contributed by atoms with van der Waals surface area (Å²) in [5.74, 6) is 0.714. The van der Waals surface area contributed by atoms with Gasteiger partial charge in [0.2, 0.25) is 0 Å². The van der Waals surface area contributed by atoms with Crippen LogP contribution in [0.1, 0.15) is 74.2 Å². The maximum Gasteiger partial charge on any atom is 0.410 e. The summed E-state index contributed by atoms with van der Waals surface area (Å²) in [6, 6.07) is 8.43. The second-order valence-corrected chi connectivity index (χ2v) is 9.64. The highest BCUT2D eigenvalue weighted by Crippen LogP contribution is 2.41. The highest BCUT2D eigenvalue weighted by molar-refractivity contribution is 5.70. The molecule has 0 saturated heterocycles. The molecule has 1 aliphatic carbocycles. The van der Waals surface area contributed by atoms with E-state index >= 15 is 0 Å². The van der Waals surface area contributed by atoms with Gasteiger partial charge in [-0.25, -0.2) is 9.48 Å². The van der Waals surface area contributed by atoms with Crippen LogP contribution in [0.5, 0.6) is 0 Å². The number of nitrogens with one attached hydrogen (secondary N) is 1. The van der Waals surface area contributed by atoms with E-state index in [9.17, 15) is 9.90 Å². The second kappa shape index (κ2) is 7.10. The number of aliphatic hydroxyl groups excluding tert-OH is 1. The van der Waals surface area contributed by atoms with Gasteiger partial charge in [0.15, 0.2) is 0 Å². The molecule has 2 unspecified atom stereocenters. The molecule has 30 heavy (non-hydrogen) atoms. The van der Waals surface area contributed by atoms with Crippen molar-refractivity contribution in [1.82, 2.24) is 20.0 Å². The zero-order valence-electron chi connectivity index (χ0n) is 17.9. The molecule has 2 aromatic rings. The number of carbonyl (C=O) groups is 1. The number of aromatic nitrogens is 2. The van der Waals surface area contributed by atoms with Gasteiger partial charge < -0.3 is 15.2 Å². The minimum atomic E-state index is -0.700. The van der Waals surface area contributed by atoms with E-state index in [0.29, 0.717) is 37.7 Å². The van der Waals surface area contributed by atoms with Gasteiger partial charge in [-0.2, -0.15) is 5.10 Å². The number of hydrogen-bond donors (Lipinski definition) is 2. The standard InChI is InChI=1S/C23H30N4O3/c1-23(2,3)30-22(29)26-11-10-17-20-18(26)12-24-13-19(28)21(20)25-27(17)16-8-6-15(7-9-16)14-4-5-14/h6-9,14,18-19,24,28H,4-5,10-13H2,1-3H3. The molecule has 1 saturated carbocycles. The quantitative estimate of drug-likeness (QED) is 0.795. The molecule has 1 amide bonds. The molecule has 5 rings (SSSR count). The Bertz CT molecular complexity index is 956. The fraction of sp³-hybridized carbons (Fsp3) is 0.565. The predicted octanol–water partition coefficient (Wildman–Crippen LogP) is 3.22. The number of benzene rings is 1. The Labute approximate surface area is 177 Å². The van der Waals surface area contributed by atoms with E-state index in [4.69, 9.17) is 9.84 Å². The van der Waals surface area contributed by atoms with Crippen LogP contribution in [0.4, 0.5) is 4.79 Å². The van der Waals surface area contributed by atoms with Crippen LogP contribution in [0.25, 0.3) is 5.69 Å². The Kier molecular flexibility index (Phi) is 4.63. The maximum absolute atomic E-state index is 12.9. The molecule has 0 bridgehead atoms. The van der Waals surface area contributed by atoms with E-state index in [-0.39, 0.29) is 12.1 Å². The van der Waals surface area contributed by atoms with Gasteiger partial charge in [-0.1, -0.05) is 12.1 Å². The molecule has 3 heterocycles. The molecule has 1 aromatic heterocycles. The first-order valence-corrected chi connectivity index (χ1v) is 10.9. The van der Waals surface area contributed by atoms with Crippen molar-refractivity contribution in [2.75, 3.05) is 19.6 Å². The zero-order valence-corrected chi connectivity index (χ0v) is 17.9. The van der Waals surface area contributed by atoms with Gasteiger partial charge in [0, 0.05) is 31.6 Å². The van der Waals surface area contributed by atoms with Gasteiger partial charge >= 0.3 is 6.09 Å². The summed E-state index contributed by atoms with van der Waals surface area (Å²) >= 11 is 0. The second-order valence-electron chi connectivity index (χ2n) is 9.64. The fourth-order valence-electron chi connectivity index (χ4n) is 4.59. The number of nitrogens with zero attached hydrogens (tertiary/aromatic N) is 3. The molecule has 2 N–H and O–H groups in total. The first-order chi connectivity index (χ1) is 14.3. The monoisotopic (exact) mass is 410 g/mol. The molecule has 160 valence electrons. The molecule has 3 aliphatic rings. The highest BCUT2D eigenvalue weighted by atomic mass is 16.6. The fourth-order valence-corrected chi connectivity index (χ4v) is 4.59. The average Bonchev–Trinajstić information content (AvgIpc) is 3.48. The van der Waals surface area contributed by atoms with Crippen molar-refractivity contribution < 1.29 is 14.6 Å². The van der Waals surface area contributed by atoms with Crippen molar-refractivity contribution in [3.63, 3.8) is 0 Å². The van der Waals surface area contributed by atoms with Gasteiger partial charge in [0.05, 0.1) is 23.1 Å². The van der Waals surface area contributed by atoms with Crippen LogP contribution < -0.4 is 5.32 Å². The van der Waals surface area contributed by atoms with E-state index in [0.717, 1.165) is 16.9 Å². The van der Waals surface area contributed by atoms with Gasteiger partial charge in [0.1, 0.15) is 11.7 Å². The van der Waals surface area contributed by atoms with Gasteiger partial charge in [-0.05, 0) is 57.2 Å². The van der Waals surface area contributed by atoms with Crippen LogP contribution in [0.15, 0.2) is 24.3 Å². The molecule has 0 spiro atoms.